The number of hydrogen-bond donors (Lipinski definition) is 2. The molecule has 0 saturated heterocycles. The van der Waals surface area contributed by atoms with Gasteiger partial charge in [-0.15, -0.1) is 0 Å². The van der Waals surface area contributed by atoms with Crippen LogP contribution in [0.5, 0.6) is 0 Å². The molecular formula is C10H15N3S. The van der Waals surface area contributed by atoms with Gasteiger partial charge in [0.2, 0.25) is 0 Å². The first kappa shape index (κ1) is 10.9. The number of anilines is 1. The molecule has 0 aromatic carbocycles. The number of rotatable bonds is 4. The topological polar surface area (TPSA) is 50.9 Å². The predicted octanol–water partition coefficient (Wildman–Crippen LogP) is 1.78. The van der Waals surface area contributed by atoms with E-state index in [-0.39, 0.29) is 0 Å². The van der Waals surface area contributed by atoms with Gasteiger partial charge in [-0.05, 0) is 18.1 Å². The maximum atomic E-state index is 5.43. The number of pyridine rings is 1. The van der Waals surface area contributed by atoms with Crippen molar-refractivity contribution in [2.24, 2.45) is 11.7 Å². The van der Waals surface area contributed by atoms with Crippen molar-refractivity contribution in [2.75, 3.05) is 11.9 Å². The number of thiocarbonyl (C=S) groups is 1. The first-order valence-corrected chi connectivity index (χ1v) is 5.00. The normalized spacial score (nSPS) is 10.2. The van der Waals surface area contributed by atoms with Crippen molar-refractivity contribution in [3.05, 3.63) is 24.0 Å². The summed E-state index contributed by atoms with van der Waals surface area (Å²) >= 11 is 4.81. The summed E-state index contributed by atoms with van der Waals surface area (Å²) < 4.78 is 0. The maximum absolute atomic E-state index is 5.43. The monoisotopic (exact) mass is 209 g/mol. The van der Waals surface area contributed by atoms with Crippen LogP contribution in [-0.2, 0) is 0 Å². The first-order chi connectivity index (χ1) is 6.59. The van der Waals surface area contributed by atoms with Crippen molar-refractivity contribution in [1.82, 2.24) is 4.98 Å². The molecule has 1 aromatic heterocycles. The SMILES string of the molecule is CC(C)CNc1ccc(C(N)=S)nc1. The van der Waals surface area contributed by atoms with Crippen molar-refractivity contribution >= 4 is 22.9 Å². The third kappa shape index (κ3) is 3.30. The van der Waals surface area contributed by atoms with Gasteiger partial charge < -0.3 is 11.1 Å². The van der Waals surface area contributed by atoms with E-state index < -0.39 is 0 Å². The van der Waals surface area contributed by atoms with E-state index in [1.54, 1.807) is 6.20 Å². The molecule has 1 rings (SSSR count). The Bertz CT molecular complexity index is 306. The zero-order valence-electron chi connectivity index (χ0n) is 8.45. The Hall–Kier alpha value is -1.16. The van der Waals surface area contributed by atoms with E-state index >= 15 is 0 Å². The van der Waals surface area contributed by atoms with Crippen molar-refractivity contribution in [3.8, 4) is 0 Å². The van der Waals surface area contributed by atoms with Gasteiger partial charge in [0.15, 0.2) is 0 Å². The molecule has 14 heavy (non-hydrogen) atoms. The fraction of sp³-hybridized carbons (Fsp3) is 0.400. The second-order valence-electron chi connectivity index (χ2n) is 3.57. The summed E-state index contributed by atoms with van der Waals surface area (Å²) in [4.78, 5) is 4.46. The van der Waals surface area contributed by atoms with Crippen LogP contribution in [0.3, 0.4) is 0 Å². The molecule has 0 aliphatic heterocycles. The molecule has 4 heteroatoms. The highest BCUT2D eigenvalue weighted by Gasteiger charge is 1.98. The lowest BCUT2D eigenvalue weighted by Crippen LogP contribution is -2.12. The Kier molecular flexibility index (Phi) is 3.83. The van der Waals surface area contributed by atoms with E-state index in [0.29, 0.717) is 16.6 Å². The van der Waals surface area contributed by atoms with Crippen LogP contribution in [0, 0.1) is 5.92 Å². The Balaban J connectivity index is 2.60. The van der Waals surface area contributed by atoms with E-state index in [0.717, 1.165) is 12.2 Å². The molecule has 0 radical (unpaired) electrons. The highest BCUT2D eigenvalue weighted by molar-refractivity contribution is 7.80. The van der Waals surface area contributed by atoms with E-state index in [2.05, 4.69) is 24.1 Å². The van der Waals surface area contributed by atoms with Gasteiger partial charge in [0.05, 0.1) is 17.6 Å². The number of aromatic nitrogens is 1. The van der Waals surface area contributed by atoms with Crippen LogP contribution in [0.1, 0.15) is 19.5 Å². The molecule has 0 fully saturated rings. The number of nitrogens with one attached hydrogen (secondary N) is 1. The van der Waals surface area contributed by atoms with E-state index in [9.17, 15) is 0 Å². The highest BCUT2D eigenvalue weighted by Crippen LogP contribution is 2.06. The predicted molar refractivity (Wildman–Crippen MR) is 63.5 cm³/mol. The lowest BCUT2D eigenvalue weighted by atomic mass is 10.2. The van der Waals surface area contributed by atoms with Crippen LogP contribution in [0.2, 0.25) is 0 Å². The largest absolute Gasteiger partial charge is 0.388 e. The molecular weight excluding hydrogens is 194 g/mol. The molecule has 0 unspecified atom stereocenters. The van der Waals surface area contributed by atoms with Gasteiger partial charge in [0, 0.05) is 6.54 Å². The third-order valence-corrected chi connectivity index (χ3v) is 1.94. The molecule has 0 aliphatic carbocycles. The summed E-state index contributed by atoms with van der Waals surface area (Å²) in [5.74, 6) is 0.616. The molecule has 0 amide bonds. The van der Waals surface area contributed by atoms with Crippen molar-refractivity contribution in [1.29, 1.82) is 0 Å². The van der Waals surface area contributed by atoms with Gasteiger partial charge in [-0.2, -0.15) is 0 Å². The summed E-state index contributed by atoms with van der Waals surface area (Å²) in [5.41, 5.74) is 7.10. The average Bonchev–Trinajstić information content (AvgIpc) is 2.15. The molecule has 76 valence electrons. The van der Waals surface area contributed by atoms with Crippen LogP contribution in [-0.4, -0.2) is 16.5 Å². The standard InChI is InChI=1S/C10H15N3S/c1-7(2)5-12-8-3-4-9(10(11)14)13-6-8/h3-4,6-7,12H,5H2,1-2H3,(H2,11,14). The highest BCUT2D eigenvalue weighted by atomic mass is 32.1. The van der Waals surface area contributed by atoms with Gasteiger partial charge >= 0.3 is 0 Å². The molecule has 3 N–H and O–H groups in total. The zero-order chi connectivity index (χ0) is 10.6. The maximum Gasteiger partial charge on any atom is 0.122 e. The van der Waals surface area contributed by atoms with Crippen LogP contribution >= 0.6 is 12.2 Å². The van der Waals surface area contributed by atoms with Gasteiger partial charge in [-0.1, -0.05) is 26.1 Å². The molecule has 0 saturated carbocycles. The second kappa shape index (κ2) is 4.91. The summed E-state index contributed by atoms with van der Waals surface area (Å²) in [6.45, 7) is 5.25. The number of hydrogen-bond acceptors (Lipinski definition) is 3. The minimum absolute atomic E-state index is 0.334. The van der Waals surface area contributed by atoms with Crippen LogP contribution < -0.4 is 11.1 Å². The quantitative estimate of drug-likeness (QED) is 0.742. The fourth-order valence-corrected chi connectivity index (χ4v) is 1.09. The Morgan fingerprint density at radius 3 is 2.71 bits per heavy atom. The van der Waals surface area contributed by atoms with Gasteiger partial charge in [-0.3, -0.25) is 4.98 Å². The minimum atomic E-state index is 0.334. The lowest BCUT2D eigenvalue weighted by Gasteiger charge is -2.08. The number of nitrogens with two attached hydrogens (primary N) is 1. The molecule has 0 bridgehead atoms. The Morgan fingerprint density at radius 2 is 2.29 bits per heavy atom. The van der Waals surface area contributed by atoms with Gasteiger partial charge in [0.1, 0.15) is 4.99 Å². The second-order valence-corrected chi connectivity index (χ2v) is 4.01. The minimum Gasteiger partial charge on any atom is -0.388 e. The van der Waals surface area contributed by atoms with Gasteiger partial charge in [-0.25, -0.2) is 0 Å². The van der Waals surface area contributed by atoms with Crippen molar-refractivity contribution in [2.45, 2.75) is 13.8 Å². The van der Waals surface area contributed by atoms with Gasteiger partial charge in [0.25, 0.3) is 0 Å². The smallest absolute Gasteiger partial charge is 0.122 e. The Labute approximate surface area is 89.7 Å². The molecule has 1 heterocycles. The average molecular weight is 209 g/mol. The van der Waals surface area contributed by atoms with Crippen LogP contribution in [0.25, 0.3) is 0 Å². The summed E-state index contributed by atoms with van der Waals surface area (Å²) in [6, 6.07) is 3.76. The molecule has 3 nitrogen and oxygen atoms in total. The van der Waals surface area contributed by atoms with Crippen molar-refractivity contribution in [3.63, 3.8) is 0 Å². The Morgan fingerprint density at radius 1 is 1.57 bits per heavy atom. The molecule has 1 aromatic rings. The molecule has 0 aliphatic rings. The lowest BCUT2D eigenvalue weighted by molar-refractivity contribution is 0.688. The van der Waals surface area contributed by atoms with E-state index in [1.165, 1.54) is 0 Å². The van der Waals surface area contributed by atoms with Crippen LogP contribution in [0.4, 0.5) is 5.69 Å². The molecule has 0 spiro atoms. The fourth-order valence-electron chi connectivity index (χ4n) is 0.966. The van der Waals surface area contributed by atoms with Crippen LogP contribution in [0.15, 0.2) is 18.3 Å². The summed E-state index contributed by atoms with van der Waals surface area (Å²) in [6.07, 6.45) is 1.75. The molecule has 0 atom stereocenters. The zero-order valence-corrected chi connectivity index (χ0v) is 9.27. The summed E-state index contributed by atoms with van der Waals surface area (Å²) in [5, 5.41) is 3.26. The first-order valence-electron chi connectivity index (χ1n) is 4.59. The third-order valence-electron chi connectivity index (χ3n) is 1.73. The van der Waals surface area contributed by atoms with E-state index in [1.807, 2.05) is 12.1 Å². The summed E-state index contributed by atoms with van der Waals surface area (Å²) in [7, 11) is 0. The van der Waals surface area contributed by atoms with E-state index in [4.69, 9.17) is 18.0 Å². The number of nitrogens with zero attached hydrogens (tertiary/aromatic N) is 1. The van der Waals surface area contributed by atoms with Crippen molar-refractivity contribution < 1.29 is 0 Å².